The number of fused-ring (bicyclic) bond motifs is 4. The molecule has 5 atom stereocenters. The number of rotatable bonds is 6. The van der Waals surface area contributed by atoms with Gasteiger partial charge < -0.3 is 15.2 Å². The number of hydrogen-bond donors (Lipinski definition) is 3. The van der Waals surface area contributed by atoms with Crippen molar-refractivity contribution in [2.45, 2.75) is 114 Å². The van der Waals surface area contributed by atoms with Gasteiger partial charge in [-0.2, -0.15) is 13.9 Å². The van der Waals surface area contributed by atoms with Crippen LogP contribution in [0.25, 0.3) is 0 Å². The number of ether oxygens (including phenoxy) is 1. The summed E-state index contributed by atoms with van der Waals surface area (Å²) in [5.41, 5.74) is 5.49. The lowest BCUT2D eigenvalue weighted by molar-refractivity contribution is -0.209. The Labute approximate surface area is 270 Å². The minimum Gasteiger partial charge on any atom is -0.444 e. The quantitative estimate of drug-likeness (QED) is 0.235. The zero-order valence-electron chi connectivity index (χ0n) is 27.2. The van der Waals surface area contributed by atoms with Crippen LogP contribution < -0.4 is 10.7 Å². The second-order valence-electron chi connectivity index (χ2n) is 15.1. The molecule has 0 unspecified atom stereocenters. The van der Waals surface area contributed by atoms with Crippen molar-refractivity contribution in [2.75, 3.05) is 6.54 Å². The third-order valence-corrected chi connectivity index (χ3v) is 11.1. The Hall–Kier alpha value is -3.51. The van der Waals surface area contributed by atoms with Crippen LogP contribution in [0.1, 0.15) is 108 Å². The second-order valence-corrected chi connectivity index (χ2v) is 15.1. The molecular weight excluding hydrogens is 588 g/mol. The molecule has 46 heavy (non-hydrogen) atoms. The second kappa shape index (κ2) is 11.6. The first kappa shape index (κ1) is 32.4. The summed E-state index contributed by atoms with van der Waals surface area (Å²) in [4.78, 5) is 24.3. The number of benzene rings is 1. The van der Waals surface area contributed by atoms with Gasteiger partial charge in [-0.1, -0.05) is 36.8 Å². The fraction of sp³-hybridized carbons (Fsp3) is 0.595. The van der Waals surface area contributed by atoms with Crippen molar-refractivity contribution in [1.82, 2.24) is 10.7 Å². The molecule has 3 fully saturated rings. The molecule has 1 aromatic carbocycles. The summed E-state index contributed by atoms with van der Waals surface area (Å²) in [5, 5.41) is 18.5. The molecule has 0 aromatic heterocycles. The number of carbonyl (C=O) groups excluding carboxylic acids is 2. The smallest absolute Gasteiger partial charge is 0.408 e. The first-order chi connectivity index (χ1) is 21.7. The van der Waals surface area contributed by atoms with Crippen LogP contribution in [-0.4, -0.2) is 46.5 Å². The first-order valence-corrected chi connectivity index (χ1v) is 16.6. The van der Waals surface area contributed by atoms with Gasteiger partial charge in [0.05, 0.1) is 5.71 Å². The number of nitrogens with one attached hydrogen (secondary N) is 2. The summed E-state index contributed by atoms with van der Waals surface area (Å²) in [6.07, 6.45) is 12.9. The number of amides is 2. The number of hydrogen-bond acceptors (Lipinski definition) is 5. The Morgan fingerprint density at radius 2 is 1.78 bits per heavy atom. The predicted octanol–water partition coefficient (Wildman–Crippen LogP) is 6.89. The van der Waals surface area contributed by atoms with Gasteiger partial charge in [-0.05, 0) is 131 Å². The standard InChI is InChI=1S/C37H45F2N3O4/c1-6-37(38,39)36(45)18-17-30-28-15-13-25-19-26(41-42-31(43)21-40-33(44)46-34(2,3)4)14-16-27(25)32(28)29(20-35(30,36)5)24-11-9-23(10-12-24)22-7-8-22/h1,9-12,19,22,28-30,45H,7-8,13-18,20-21H2,2-5H3,(H,40,44)(H,42,43)/b41-26+/t28-,29-,30-,35-,36-/m0/s1. The van der Waals surface area contributed by atoms with Crippen molar-refractivity contribution >= 4 is 17.7 Å². The number of hydrazone groups is 1. The number of carbonyl (C=O) groups is 2. The van der Waals surface area contributed by atoms with Crippen molar-refractivity contribution in [3.63, 3.8) is 0 Å². The average Bonchev–Trinajstić information content (AvgIpc) is 3.82. The molecule has 0 heterocycles. The molecular formula is C37H45F2N3O4. The van der Waals surface area contributed by atoms with E-state index in [2.05, 4.69) is 40.1 Å². The van der Waals surface area contributed by atoms with Gasteiger partial charge in [0.2, 0.25) is 0 Å². The molecule has 1 aromatic rings. The molecule has 0 bridgehead atoms. The number of alkyl halides is 2. The zero-order valence-corrected chi connectivity index (χ0v) is 27.2. The van der Waals surface area contributed by atoms with Crippen LogP contribution in [0, 0.1) is 29.6 Å². The van der Waals surface area contributed by atoms with Crippen LogP contribution in [0.15, 0.2) is 52.2 Å². The number of nitrogens with zero attached hydrogens (tertiary/aromatic N) is 1. The van der Waals surface area contributed by atoms with E-state index in [4.69, 9.17) is 11.2 Å². The molecule has 6 rings (SSSR count). The summed E-state index contributed by atoms with van der Waals surface area (Å²) in [7, 11) is 0. The normalized spacial score (nSPS) is 31.7. The third-order valence-electron chi connectivity index (χ3n) is 11.1. The molecule has 0 radical (unpaired) electrons. The predicted molar refractivity (Wildman–Crippen MR) is 172 cm³/mol. The maximum absolute atomic E-state index is 15.4. The van der Waals surface area contributed by atoms with Crippen molar-refractivity contribution in [2.24, 2.45) is 22.4 Å². The maximum Gasteiger partial charge on any atom is 0.408 e. The summed E-state index contributed by atoms with van der Waals surface area (Å²) < 4.78 is 35.9. The summed E-state index contributed by atoms with van der Waals surface area (Å²) in [5.74, 6) is -1.96. The van der Waals surface area contributed by atoms with E-state index in [0.717, 1.165) is 30.5 Å². The van der Waals surface area contributed by atoms with E-state index in [1.54, 1.807) is 26.7 Å². The minimum atomic E-state index is -3.62. The maximum atomic E-state index is 15.4. The zero-order chi connectivity index (χ0) is 33.1. The van der Waals surface area contributed by atoms with Crippen molar-refractivity contribution in [3.05, 3.63) is 58.2 Å². The molecule has 0 aliphatic heterocycles. The summed E-state index contributed by atoms with van der Waals surface area (Å²) in [6, 6.07) is 8.69. The number of terminal acetylenes is 1. The molecule has 2 amide bonds. The molecule has 3 N–H and O–H groups in total. The number of alkyl carbamates (subject to hydrolysis) is 1. The summed E-state index contributed by atoms with van der Waals surface area (Å²) >= 11 is 0. The lowest BCUT2D eigenvalue weighted by Crippen LogP contribution is -2.60. The number of aliphatic hydroxyl groups is 1. The molecule has 0 spiro atoms. The van der Waals surface area contributed by atoms with E-state index in [0.29, 0.717) is 25.2 Å². The molecule has 7 nitrogen and oxygen atoms in total. The first-order valence-electron chi connectivity index (χ1n) is 16.6. The van der Waals surface area contributed by atoms with Gasteiger partial charge in [0.25, 0.3) is 5.91 Å². The van der Waals surface area contributed by atoms with Crippen LogP contribution in [-0.2, 0) is 9.53 Å². The van der Waals surface area contributed by atoms with Crippen molar-refractivity contribution in [1.29, 1.82) is 0 Å². The van der Waals surface area contributed by atoms with E-state index in [1.165, 1.54) is 35.1 Å². The molecule has 246 valence electrons. The monoisotopic (exact) mass is 633 g/mol. The third kappa shape index (κ3) is 5.78. The molecule has 0 saturated heterocycles. The molecule has 9 heteroatoms. The van der Waals surface area contributed by atoms with E-state index in [9.17, 15) is 14.7 Å². The van der Waals surface area contributed by atoms with E-state index < -0.39 is 34.5 Å². The highest BCUT2D eigenvalue weighted by Crippen LogP contribution is 2.69. The van der Waals surface area contributed by atoms with E-state index in [-0.39, 0.29) is 30.7 Å². The fourth-order valence-corrected chi connectivity index (χ4v) is 8.76. The Kier molecular flexibility index (Phi) is 8.20. The Morgan fingerprint density at radius 1 is 1.09 bits per heavy atom. The van der Waals surface area contributed by atoms with Gasteiger partial charge in [-0.3, -0.25) is 4.79 Å². The highest BCUT2D eigenvalue weighted by molar-refractivity contribution is 5.98. The largest absolute Gasteiger partial charge is 0.444 e. The van der Waals surface area contributed by atoms with Gasteiger partial charge in [0.15, 0.2) is 0 Å². The number of halogens is 2. The van der Waals surface area contributed by atoms with Gasteiger partial charge in [0.1, 0.15) is 17.7 Å². The summed E-state index contributed by atoms with van der Waals surface area (Å²) in [6.45, 7) is 6.83. The highest BCUT2D eigenvalue weighted by atomic mass is 19.3. The Bertz CT molecular complexity index is 1550. The van der Waals surface area contributed by atoms with Crippen LogP contribution in [0.3, 0.4) is 0 Å². The Morgan fingerprint density at radius 3 is 2.43 bits per heavy atom. The molecule has 5 aliphatic carbocycles. The van der Waals surface area contributed by atoms with Gasteiger partial charge in [-0.25, -0.2) is 10.2 Å². The fourth-order valence-electron chi connectivity index (χ4n) is 8.76. The lowest BCUT2D eigenvalue weighted by atomic mass is 9.50. The molecule has 5 aliphatic rings. The van der Waals surface area contributed by atoms with Crippen LogP contribution in [0.2, 0.25) is 0 Å². The number of allylic oxidation sites excluding steroid dienone is 4. The highest BCUT2D eigenvalue weighted by Gasteiger charge is 2.71. The van der Waals surface area contributed by atoms with Gasteiger partial charge >= 0.3 is 12.0 Å². The van der Waals surface area contributed by atoms with Crippen LogP contribution >= 0.6 is 0 Å². The SMILES string of the molecule is C#CC(F)(F)[C@]1(O)CC[C@H]2[C@@H]3CCC4=C/C(=N/NC(=O)CNC(=O)OC(C)(C)C)CCC4=C3[C@H](c3ccc(C4CC4)cc3)C[C@@]21C. The van der Waals surface area contributed by atoms with Crippen LogP contribution in [0.4, 0.5) is 13.6 Å². The lowest BCUT2D eigenvalue weighted by Gasteiger charge is -2.55. The topological polar surface area (TPSA) is 100 Å². The van der Waals surface area contributed by atoms with Crippen molar-refractivity contribution in [3.8, 4) is 12.3 Å². The van der Waals surface area contributed by atoms with Crippen molar-refractivity contribution < 1.29 is 28.2 Å². The van der Waals surface area contributed by atoms with E-state index in [1.807, 2.05) is 13.0 Å². The minimum absolute atomic E-state index is 0.0141. The molecule has 3 saturated carbocycles. The van der Waals surface area contributed by atoms with E-state index >= 15 is 8.78 Å². The average molecular weight is 634 g/mol. The van der Waals surface area contributed by atoms with Gasteiger partial charge in [0, 0.05) is 11.3 Å². The van der Waals surface area contributed by atoms with Gasteiger partial charge in [-0.15, -0.1) is 6.42 Å². The Balaban J connectivity index is 1.29. The van der Waals surface area contributed by atoms with Crippen LogP contribution in [0.5, 0.6) is 0 Å².